The molecule has 2 aromatic carbocycles. The van der Waals surface area contributed by atoms with Crippen LogP contribution >= 0.6 is 27.3 Å². The number of hydrogen-bond acceptors (Lipinski definition) is 3. The van der Waals surface area contributed by atoms with Gasteiger partial charge in [0.2, 0.25) is 5.91 Å². The van der Waals surface area contributed by atoms with E-state index in [1.807, 2.05) is 59.5 Å². The van der Waals surface area contributed by atoms with Gasteiger partial charge in [-0.1, -0.05) is 42.5 Å². The molecule has 0 saturated heterocycles. The third-order valence-electron chi connectivity index (χ3n) is 5.38. The average Bonchev–Trinajstić information content (AvgIpc) is 3.55. The highest BCUT2D eigenvalue weighted by Gasteiger charge is 2.35. The largest absolute Gasteiger partial charge is 0.332 e. The minimum Gasteiger partial charge on any atom is -0.332 e. The van der Waals surface area contributed by atoms with Crippen LogP contribution in [0.5, 0.6) is 0 Å². The predicted molar refractivity (Wildman–Crippen MR) is 133 cm³/mol. The Hall–Kier alpha value is -2.64. The molecular formula is C25H26BrN3O2S. The monoisotopic (exact) mass is 511 g/mol. The van der Waals surface area contributed by atoms with E-state index >= 15 is 0 Å². The smallest absolute Gasteiger partial charge is 0.322 e. The van der Waals surface area contributed by atoms with Crippen LogP contribution in [-0.2, 0) is 17.9 Å². The second kappa shape index (κ2) is 10.3. The minimum atomic E-state index is -0.237. The summed E-state index contributed by atoms with van der Waals surface area (Å²) in [6, 6.07) is 21.5. The fourth-order valence-electron chi connectivity index (χ4n) is 3.54. The lowest BCUT2D eigenvalue weighted by atomic mass is 10.2. The van der Waals surface area contributed by atoms with Gasteiger partial charge in [-0.05, 0) is 65.5 Å². The number of rotatable bonds is 8. The Morgan fingerprint density at radius 3 is 2.38 bits per heavy atom. The van der Waals surface area contributed by atoms with Crippen LogP contribution in [0.2, 0.25) is 0 Å². The van der Waals surface area contributed by atoms with Crippen molar-refractivity contribution in [1.29, 1.82) is 0 Å². The van der Waals surface area contributed by atoms with Crippen LogP contribution in [0, 0.1) is 6.92 Å². The third-order valence-corrected chi connectivity index (χ3v) is 7.06. The van der Waals surface area contributed by atoms with E-state index in [2.05, 4.69) is 40.3 Å². The number of carbonyl (C=O) groups excluding carboxylic acids is 2. The molecule has 1 aliphatic carbocycles. The number of nitrogens with zero attached hydrogens (tertiary/aromatic N) is 2. The fraction of sp³-hybridized carbons (Fsp3) is 0.280. The van der Waals surface area contributed by atoms with Crippen molar-refractivity contribution in [3.8, 4) is 0 Å². The van der Waals surface area contributed by atoms with Crippen molar-refractivity contribution < 1.29 is 9.59 Å². The summed E-state index contributed by atoms with van der Waals surface area (Å²) in [6.45, 7) is 3.19. The molecule has 1 aromatic heterocycles. The molecule has 0 aliphatic heterocycles. The van der Waals surface area contributed by atoms with E-state index in [-0.39, 0.29) is 24.5 Å². The minimum absolute atomic E-state index is 0.0471. The summed E-state index contributed by atoms with van der Waals surface area (Å²) in [6.07, 6.45) is 1.86. The third kappa shape index (κ3) is 5.99. The molecule has 1 heterocycles. The topological polar surface area (TPSA) is 52.7 Å². The summed E-state index contributed by atoms with van der Waals surface area (Å²) in [4.78, 5) is 32.4. The van der Waals surface area contributed by atoms with E-state index in [0.717, 1.165) is 27.8 Å². The number of nitrogens with one attached hydrogen (secondary N) is 1. The standard InChI is InChI=1S/C25H26BrN3O2S/c1-18-11-14-21(32-18)16-28(15-19-7-3-2-4-8-19)24(30)17-29(20-12-13-20)25(31)27-23-10-6-5-9-22(23)26/h2-11,14,20H,12-13,15-17H2,1H3,(H,27,31). The highest BCUT2D eigenvalue weighted by molar-refractivity contribution is 9.10. The summed E-state index contributed by atoms with van der Waals surface area (Å²) in [5, 5.41) is 2.95. The van der Waals surface area contributed by atoms with Crippen molar-refractivity contribution in [3.63, 3.8) is 0 Å². The number of carbonyl (C=O) groups is 2. The summed E-state index contributed by atoms with van der Waals surface area (Å²) in [7, 11) is 0. The van der Waals surface area contributed by atoms with Gasteiger partial charge in [0.05, 0.1) is 12.2 Å². The molecule has 0 bridgehead atoms. The first kappa shape index (κ1) is 22.6. The quantitative estimate of drug-likeness (QED) is 0.400. The van der Waals surface area contributed by atoms with Crippen LogP contribution in [0.4, 0.5) is 10.5 Å². The molecule has 1 fully saturated rings. The van der Waals surface area contributed by atoms with Gasteiger partial charge in [-0.3, -0.25) is 4.79 Å². The molecule has 0 spiro atoms. The molecule has 1 aliphatic rings. The van der Waals surface area contributed by atoms with Gasteiger partial charge in [0.25, 0.3) is 0 Å². The van der Waals surface area contributed by atoms with Gasteiger partial charge in [0.1, 0.15) is 6.54 Å². The maximum atomic E-state index is 13.4. The number of hydrogen-bond donors (Lipinski definition) is 1. The van der Waals surface area contributed by atoms with E-state index in [4.69, 9.17) is 0 Å². The maximum Gasteiger partial charge on any atom is 0.322 e. The van der Waals surface area contributed by atoms with Crippen molar-refractivity contribution in [2.45, 2.75) is 38.9 Å². The lowest BCUT2D eigenvalue weighted by molar-refractivity contribution is -0.133. The first-order valence-electron chi connectivity index (χ1n) is 10.7. The fourth-order valence-corrected chi connectivity index (χ4v) is 4.83. The Morgan fingerprint density at radius 2 is 1.72 bits per heavy atom. The van der Waals surface area contributed by atoms with Crippen LogP contribution < -0.4 is 5.32 Å². The lowest BCUT2D eigenvalue weighted by Gasteiger charge is -2.28. The number of benzene rings is 2. The van der Waals surface area contributed by atoms with Crippen molar-refractivity contribution in [3.05, 3.63) is 86.5 Å². The first-order chi connectivity index (χ1) is 15.5. The molecule has 0 radical (unpaired) electrons. The SMILES string of the molecule is Cc1ccc(CN(Cc2ccccc2)C(=O)CN(C(=O)Nc2ccccc2Br)C2CC2)s1. The number of aryl methyl sites for hydroxylation is 1. The lowest BCUT2D eigenvalue weighted by Crippen LogP contribution is -2.45. The Bertz CT molecular complexity index is 1080. The Balaban J connectivity index is 1.49. The molecule has 5 nitrogen and oxygen atoms in total. The number of anilines is 1. The van der Waals surface area contributed by atoms with Gasteiger partial charge in [-0.15, -0.1) is 11.3 Å². The highest BCUT2D eigenvalue weighted by Crippen LogP contribution is 2.29. The molecule has 166 valence electrons. The molecular weight excluding hydrogens is 486 g/mol. The molecule has 1 saturated carbocycles. The molecule has 3 amide bonds. The van der Waals surface area contributed by atoms with Gasteiger partial charge in [-0.25, -0.2) is 4.79 Å². The summed E-state index contributed by atoms with van der Waals surface area (Å²) in [5.74, 6) is -0.0471. The van der Waals surface area contributed by atoms with Crippen molar-refractivity contribution in [2.75, 3.05) is 11.9 Å². The number of thiophene rings is 1. The normalized spacial score (nSPS) is 12.9. The zero-order valence-corrected chi connectivity index (χ0v) is 20.4. The van der Waals surface area contributed by atoms with Crippen LogP contribution in [0.1, 0.15) is 28.2 Å². The van der Waals surface area contributed by atoms with Gasteiger partial charge < -0.3 is 15.1 Å². The second-order valence-corrected chi connectivity index (χ2v) is 10.2. The van der Waals surface area contributed by atoms with Crippen molar-refractivity contribution in [1.82, 2.24) is 9.80 Å². The van der Waals surface area contributed by atoms with Crippen LogP contribution in [-0.4, -0.2) is 34.3 Å². The number of urea groups is 1. The molecule has 1 N–H and O–H groups in total. The average molecular weight is 512 g/mol. The number of para-hydroxylation sites is 1. The highest BCUT2D eigenvalue weighted by atomic mass is 79.9. The Labute approximate surface area is 201 Å². The van der Waals surface area contributed by atoms with E-state index in [1.54, 1.807) is 16.2 Å². The summed E-state index contributed by atoms with van der Waals surface area (Å²) < 4.78 is 0.814. The summed E-state index contributed by atoms with van der Waals surface area (Å²) >= 11 is 5.17. The van der Waals surface area contributed by atoms with Crippen LogP contribution in [0.15, 0.2) is 71.2 Å². The van der Waals surface area contributed by atoms with Gasteiger partial charge in [0, 0.05) is 26.8 Å². The van der Waals surface area contributed by atoms with E-state index in [9.17, 15) is 9.59 Å². The van der Waals surface area contributed by atoms with E-state index in [1.165, 1.54) is 4.88 Å². The van der Waals surface area contributed by atoms with Crippen molar-refractivity contribution in [2.24, 2.45) is 0 Å². The van der Waals surface area contributed by atoms with E-state index < -0.39 is 0 Å². The number of halogens is 1. The Morgan fingerprint density at radius 1 is 1.00 bits per heavy atom. The summed E-state index contributed by atoms with van der Waals surface area (Å²) in [5.41, 5.74) is 1.77. The maximum absolute atomic E-state index is 13.4. The predicted octanol–water partition coefficient (Wildman–Crippen LogP) is 6.04. The molecule has 3 aromatic rings. The van der Waals surface area contributed by atoms with E-state index in [0.29, 0.717) is 18.8 Å². The zero-order valence-electron chi connectivity index (χ0n) is 18.0. The molecule has 0 atom stereocenters. The first-order valence-corrected chi connectivity index (χ1v) is 12.3. The van der Waals surface area contributed by atoms with Crippen LogP contribution in [0.25, 0.3) is 0 Å². The van der Waals surface area contributed by atoms with Gasteiger partial charge in [-0.2, -0.15) is 0 Å². The van der Waals surface area contributed by atoms with Crippen LogP contribution in [0.3, 0.4) is 0 Å². The molecule has 32 heavy (non-hydrogen) atoms. The van der Waals surface area contributed by atoms with Crippen molar-refractivity contribution >= 4 is 44.9 Å². The molecule has 7 heteroatoms. The Kier molecular flexibility index (Phi) is 7.27. The zero-order chi connectivity index (χ0) is 22.5. The number of amides is 3. The van der Waals surface area contributed by atoms with Gasteiger partial charge in [0.15, 0.2) is 0 Å². The molecule has 0 unspecified atom stereocenters. The molecule has 4 rings (SSSR count). The second-order valence-electron chi connectivity index (χ2n) is 8.02. The van der Waals surface area contributed by atoms with Gasteiger partial charge >= 0.3 is 6.03 Å².